The Kier molecular flexibility index (Phi) is 4.65. The first kappa shape index (κ1) is 15.9. The third-order valence-corrected chi connectivity index (χ3v) is 5.40. The molecule has 0 aromatic heterocycles. The van der Waals surface area contributed by atoms with E-state index in [1.165, 1.54) is 24.3 Å². The van der Waals surface area contributed by atoms with E-state index in [9.17, 15) is 12.8 Å². The standard InChI is InChI=1S/C14H14BrFN2O2S/c1-9-13(17)3-2-4-14(9)21(19,20)18-8-10-7-11(16)5-6-12(10)15/h2-7,18H,8,17H2,1H3. The molecular weight excluding hydrogens is 359 g/mol. The molecule has 0 spiro atoms. The van der Waals surface area contributed by atoms with Crippen molar-refractivity contribution in [3.05, 3.63) is 57.8 Å². The third-order valence-electron chi connectivity index (χ3n) is 3.08. The van der Waals surface area contributed by atoms with Gasteiger partial charge in [0.05, 0.1) is 4.90 Å². The minimum Gasteiger partial charge on any atom is -0.398 e. The monoisotopic (exact) mass is 372 g/mol. The zero-order valence-electron chi connectivity index (χ0n) is 11.2. The Hall–Kier alpha value is -1.44. The molecule has 0 saturated carbocycles. The molecule has 21 heavy (non-hydrogen) atoms. The van der Waals surface area contributed by atoms with Gasteiger partial charge in [-0.2, -0.15) is 0 Å². The highest BCUT2D eigenvalue weighted by molar-refractivity contribution is 9.10. The van der Waals surface area contributed by atoms with Crippen LogP contribution in [0.2, 0.25) is 0 Å². The minimum atomic E-state index is -3.71. The van der Waals surface area contributed by atoms with E-state index in [-0.39, 0.29) is 11.4 Å². The highest BCUT2D eigenvalue weighted by Gasteiger charge is 2.18. The predicted molar refractivity (Wildman–Crippen MR) is 83.7 cm³/mol. The van der Waals surface area contributed by atoms with Crippen molar-refractivity contribution >= 4 is 31.6 Å². The van der Waals surface area contributed by atoms with Crippen LogP contribution in [0.3, 0.4) is 0 Å². The number of nitrogen functional groups attached to an aromatic ring is 1. The van der Waals surface area contributed by atoms with E-state index in [4.69, 9.17) is 5.73 Å². The summed E-state index contributed by atoms with van der Waals surface area (Å²) in [5.74, 6) is -0.424. The largest absolute Gasteiger partial charge is 0.398 e. The number of rotatable bonds is 4. The van der Waals surface area contributed by atoms with Crippen LogP contribution in [0.4, 0.5) is 10.1 Å². The van der Waals surface area contributed by atoms with Crippen molar-refractivity contribution in [2.75, 3.05) is 5.73 Å². The summed E-state index contributed by atoms with van der Waals surface area (Å²) in [6.45, 7) is 1.62. The molecule has 3 N–H and O–H groups in total. The fourth-order valence-electron chi connectivity index (χ4n) is 1.85. The highest BCUT2D eigenvalue weighted by atomic mass is 79.9. The second-order valence-electron chi connectivity index (χ2n) is 4.53. The number of hydrogen-bond acceptors (Lipinski definition) is 3. The van der Waals surface area contributed by atoms with Crippen molar-refractivity contribution in [1.29, 1.82) is 0 Å². The van der Waals surface area contributed by atoms with Gasteiger partial charge in [-0.1, -0.05) is 22.0 Å². The molecule has 0 unspecified atom stereocenters. The Morgan fingerprint density at radius 2 is 2.00 bits per heavy atom. The lowest BCUT2D eigenvalue weighted by atomic mass is 10.2. The summed E-state index contributed by atoms with van der Waals surface area (Å²) in [7, 11) is -3.71. The maximum absolute atomic E-state index is 13.2. The van der Waals surface area contributed by atoms with Crippen LogP contribution in [-0.4, -0.2) is 8.42 Å². The van der Waals surface area contributed by atoms with Gasteiger partial charge in [0.1, 0.15) is 5.82 Å². The van der Waals surface area contributed by atoms with Gasteiger partial charge >= 0.3 is 0 Å². The lowest BCUT2D eigenvalue weighted by molar-refractivity contribution is 0.579. The number of hydrogen-bond donors (Lipinski definition) is 2. The Bertz CT molecular complexity index is 779. The molecule has 0 bridgehead atoms. The lowest BCUT2D eigenvalue weighted by Gasteiger charge is -2.11. The summed E-state index contributed by atoms with van der Waals surface area (Å²) in [6.07, 6.45) is 0. The predicted octanol–water partition coefficient (Wildman–Crippen LogP) is 2.96. The van der Waals surface area contributed by atoms with Gasteiger partial charge in [-0.15, -0.1) is 0 Å². The molecule has 0 saturated heterocycles. The number of benzene rings is 2. The number of nitrogens with one attached hydrogen (secondary N) is 1. The molecule has 7 heteroatoms. The molecule has 0 radical (unpaired) electrons. The molecule has 0 fully saturated rings. The molecule has 0 heterocycles. The molecule has 4 nitrogen and oxygen atoms in total. The maximum Gasteiger partial charge on any atom is 0.241 e. The van der Waals surface area contributed by atoms with Crippen molar-refractivity contribution in [2.45, 2.75) is 18.4 Å². The SMILES string of the molecule is Cc1c(N)cccc1S(=O)(=O)NCc1cc(F)ccc1Br. The molecule has 0 aliphatic heterocycles. The van der Waals surface area contributed by atoms with Gasteiger partial charge < -0.3 is 5.73 Å². The average molecular weight is 373 g/mol. The van der Waals surface area contributed by atoms with Crippen LogP contribution in [-0.2, 0) is 16.6 Å². The fourth-order valence-corrected chi connectivity index (χ4v) is 3.52. The summed E-state index contributed by atoms with van der Waals surface area (Å²) in [6, 6.07) is 8.80. The van der Waals surface area contributed by atoms with Crippen LogP contribution in [0.5, 0.6) is 0 Å². The second-order valence-corrected chi connectivity index (χ2v) is 7.12. The van der Waals surface area contributed by atoms with Crippen molar-refractivity contribution in [3.8, 4) is 0 Å². The van der Waals surface area contributed by atoms with Gasteiger partial charge in [-0.25, -0.2) is 17.5 Å². The first-order valence-corrected chi connectivity index (χ1v) is 8.37. The van der Waals surface area contributed by atoms with Gasteiger partial charge in [0.25, 0.3) is 0 Å². The van der Waals surface area contributed by atoms with Crippen LogP contribution in [0.1, 0.15) is 11.1 Å². The van der Waals surface area contributed by atoms with Crippen LogP contribution >= 0.6 is 15.9 Å². The van der Waals surface area contributed by atoms with Gasteiger partial charge in [-0.3, -0.25) is 0 Å². The van der Waals surface area contributed by atoms with E-state index in [0.717, 1.165) is 0 Å². The smallest absolute Gasteiger partial charge is 0.241 e. The molecule has 0 amide bonds. The van der Waals surface area contributed by atoms with Gasteiger partial charge in [0, 0.05) is 16.7 Å². The molecule has 0 aliphatic rings. The topological polar surface area (TPSA) is 72.2 Å². The first-order valence-electron chi connectivity index (χ1n) is 6.10. The average Bonchev–Trinajstić information content (AvgIpc) is 2.43. The van der Waals surface area contributed by atoms with E-state index in [1.807, 2.05) is 0 Å². The van der Waals surface area contributed by atoms with E-state index in [0.29, 0.717) is 21.3 Å². The van der Waals surface area contributed by atoms with E-state index in [2.05, 4.69) is 20.7 Å². The highest BCUT2D eigenvalue weighted by Crippen LogP contribution is 2.22. The number of sulfonamides is 1. The normalized spacial score (nSPS) is 11.6. The van der Waals surface area contributed by atoms with Crippen molar-refractivity contribution < 1.29 is 12.8 Å². The summed E-state index contributed by atoms with van der Waals surface area (Å²) < 4.78 is 40.9. The lowest BCUT2D eigenvalue weighted by Crippen LogP contribution is -2.24. The van der Waals surface area contributed by atoms with E-state index < -0.39 is 15.8 Å². The number of nitrogens with two attached hydrogens (primary N) is 1. The number of halogens is 2. The number of anilines is 1. The van der Waals surface area contributed by atoms with Crippen LogP contribution in [0.15, 0.2) is 45.8 Å². The molecule has 112 valence electrons. The quantitative estimate of drug-likeness (QED) is 0.810. The Morgan fingerprint density at radius 3 is 2.71 bits per heavy atom. The maximum atomic E-state index is 13.2. The Balaban J connectivity index is 2.26. The van der Waals surface area contributed by atoms with Crippen molar-refractivity contribution in [2.24, 2.45) is 0 Å². The Labute approximate surface area is 131 Å². The molecular formula is C14H14BrFN2O2S. The molecule has 0 atom stereocenters. The van der Waals surface area contributed by atoms with Gasteiger partial charge in [0.2, 0.25) is 10.0 Å². The van der Waals surface area contributed by atoms with Gasteiger partial charge in [0.15, 0.2) is 0 Å². The summed E-state index contributed by atoms with van der Waals surface area (Å²) >= 11 is 3.26. The summed E-state index contributed by atoms with van der Waals surface area (Å²) in [5, 5.41) is 0. The van der Waals surface area contributed by atoms with Crippen LogP contribution in [0, 0.1) is 12.7 Å². The molecule has 2 aromatic carbocycles. The van der Waals surface area contributed by atoms with Gasteiger partial charge in [-0.05, 0) is 48.4 Å². The van der Waals surface area contributed by atoms with Crippen LogP contribution in [0.25, 0.3) is 0 Å². The first-order chi connectivity index (χ1) is 9.81. The van der Waals surface area contributed by atoms with E-state index >= 15 is 0 Å². The minimum absolute atomic E-state index is 0.0189. The molecule has 2 aromatic rings. The van der Waals surface area contributed by atoms with E-state index in [1.54, 1.807) is 19.1 Å². The van der Waals surface area contributed by atoms with Crippen molar-refractivity contribution in [1.82, 2.24) is 4.72 Å². The second kappa shape index (κ2) is 6.13. The zero-order valence-corrected chi connectivity index (χ0v) is 13.6. The van der Waals surface area contributed by atoms with Crippen LogP contribution < -0.4 is 10.5 Å². The third kappa shape index (κ3) is 3.61. The summed E-state index contributed by atoms with van der Waals surface area (Å²) in [4.78, 5) is 0.120. The Morgan fingerprint density at radius 1 is 1.29 bits per heavy atom. The molecule has 0 aliphatic carbocycles. The fraction of sp³-hybridized carbons (Fsp3) is 0.143. The van der Waals surface area contributed by atoms with Crippen molar-refractivity contribution in [3.63, 3.8) is 0 Å². The molecule has 2 rings (SSSR count). The summed E-state index contributed by atoms with van der Waals surface area (Å²) in [5.41, 5.74) is 7.13. The zero-order chi connectivity index (χ0) is 15.6.